The van der Waals surface area contributed by atoms with Crippen molar-refractivity contribution in [2.24, 2.45) is 0 Å². The third-order valence-corrected chi connectivity index (χ3v) is 13.7. The van der Waals surface area contributed by atoms with Crippen molar-refractivity contribution >= 4 is 170 Å². The number of morpholine rings is 2. The van der Waals surface area contributed by atoms with Gasteiger partial charge in [-0.3, -0.25) is 18.2 Å². The molecule has 2 aliphatic rings. The third-order valence-electron chi connectivity index (χ3n) is 10.2. The van der Waals surface area contributed by atoms with Gasteiger partial charge in [-0.1, -0.05) is 24.3 Å². The van der Waals surface area contributed by atoms with E-state index in [-0.39, 0.29) is 127 Å². The molecule has 0 saturated carbocycles. The van der Waals surface area contributed by atoms with Crippen LogP contribution in [0.2, 0.25) is 0 Å². The average molecular weight is 1090 g/mol. The Balaban J connectivity index is 0.00000423. The fourth-order valence-corrected chi connectivity index (χ4v) is 9.21. The van der Waals surface area contributed by atoms with Crippen LogP contribution in [0.15, 0.2) is 105 Å². The summed E-state index contributed by atoms with van der Waals surface area (Å²) in [6.45, 7) is 3.24. The Morgan fingerprint density at radius 2 is 0.708 bits per heavy atom. The molecule has 6 aromatic rings. The zero-order valence-electron chi connectivity index (χ0n) is 36.0. The summed E-state index contributed by atoms with van der Waals surface area (Å²) in [5.41, 5.74) is 0.688. The van der Waals surface area contributed by atoms with Crippen molar-refractivity contribution in [1.82, 2.24) is 29.9 Å². The van der Waals surface area contributed by atoms with E-state index in [2.05, 4.69) is 51.2 Å². The molecule has 26 nitrogen and oxygen atoms in total. The van der Waals surface area contributed by atoms with Crippen LogP contribution in [0.5, 0.6) is 0 Å². The summed E-state index contributed by atoms with van der Waals surface area (Å²) in [6, 6.07) is 17.8. The number of benzene rings is 4. The summed E-state index contributed by atoms with van der Waals surface area (Å²) in [5, 5.41) is 11.7. The van der Waals surface area contributed by atoms with Crippen LogP contribution in [0.4, 0.5) is 58.4 Å². The van der Waals surface area contributed by atoms with Gasteiger partial charge >= 0.3 is 59.1 Å². The molecule has 4 aromatic carbocycles. The molecule has 0 unspecified atom stereocenters. The van der Waals surface area contributed by atoms with E-state index in [1.54, 1.807) is 0 Å². The fourth-order valence-electron chi connectivity index (χ4n) is 6.83. The number of hydrogen-bond acceptors (Lipinski definition) is 22. The van der Waals surface area contributed by atoms with Crippen LogP contribution >= 0.6 is 0 Å². The van der Waals surface area contributed by atoms with Gasteiger partial charge < -0.3 is 40.5 Å². The van der Waals surface area contributed by atoms with Gasteiger partial charge in [0.25, 0.3) is 40.5 Å². The number of aromatic nitrogens is 6. The van der Waals surface area contributed by atoms with Crippen molar-refractivity contribution in [2.45, 2.75) is 19.6 Å². The van der Waals surface area contributed by atoms with Crippen molar-refractivity contribution in [3.05, 3.63) is 96.1 Å². The fraction of sp³-hybridized carbons (Fsp3) is 0.200. The second kappa shape index (κ2) is 23.5. The van der Waals surface area contributed by atoms with Gasteiger partial charge in [-0.05, 0) is 83.9 Å². The molecule has 0 bridgehead atoms. The monoisotopic (exact) mass is 1090 g/mol. The summed E-state index contributed by atoms with van der Waals surface area (Å²) >= 11 is 0. The molecular formula is C40H42N12Na2O14S4. The van der Waals surface area contributed by atoms with E-state index in [9.17, 15) is 51.9 Å². The molecule has 2 aliphatic heterocycles. The van der Waals surface area contributed by atoms with Crippen molar-refractivity contribution < 1.29 is 61.4 Å². The molecule has 0 radical (unpaired) electrons. The van der Waals surface area contributed by atoms with Crippen LogP contribution in [0.3, 0.4) is 0 Å². The first-order valence-corrected chi connectivity index (χ1v) is 26.2. The molecule has 0 amide bonds. The number of anilines is 10. The van der Waals surface area contributed by atoms with Crippen LogP contribution in [0.1, 0.15) is 11.1 Å². The Kier molecular flexibility index (Phi) is 18.4. The molecule has 8 N–H and O–H groups in total. The third kappa shape index (κ3) is 14.8. The molecule has 2 fully saturated rings. The van der Waals surface area contributed by atoms with Gasteiger partial charge in [0.15, 0.2) is 0 Å². The zero-order valence-corrected chi connectivity index (χ0v) is 39.2. The molecule has 372 valence electrons. The molecule has 8 rings (SSSR count). The molecule has 0 aliphatic carbocycles. The Morgan fingerprint density at radius 1 is 0.417 bits per heavy atom. The minimum absolute atomic E-state index is 0. The van der Waals surface area contributed by atoms with E-state index in [1.807, 2.05) is 9.80 Å². The maximum absolute atomic E-state index is 12.8. The Labute approximate surface area is 456 Å². The van der Waals surface area contributed by atoms with E-state index in [4.69, 9.17) is 9.47 Å². The number of nitrogens with one attached hydrogen (secondary N) is 4. The summed E-state index contributed by atoms with van der Waals surface area (Å²) in [7, 11) is -18.8. The topological polar surface area (TPSA) is 368 Å². The first-order valence-electron chi connectivity index (χ1n) is 20.5. The maximum atomic E-state index is 12.8. The van der Waals surface area contributed by atoms with Crippen molar-refractivity contribution in [3.8, 4) is 0 Å². The zero-order chi connectivity index (χ0) is 49.8. The van der Waals surface area contributed by atoms with Gasteiger partial charge in [-0.15, -0.1) is 0 Å². The molecular weight excluding hydrogens is 1050 g/mol. The number of ether oxygens (including phenoxy) is 2. The van der Waals surface area contributed by atoms with Gasteiger partial charge in [-0.25, -0.2) is 0 Å². The number of rotatable bonds is 16. The SMILES string of the molecule is O=S(=O)(O)c1ccc(Nc2nc(Nc3ccc(C=Cc4ccc(Nc5nc(Nc6ccc(S(=O)(=O)O)cc6)nc(N6CCOCC6)n5)cc4S(=O)(=O)O)c(S(=O)(=O)O)c3)nc(N3CCOCC3)n2)cc1.[NaH].[NaH]. The Hall–Kier alpha value is -5.00. The predicted molar refractivity (Wildman–Crippen MR) is 267 cm³/mol. The molecule has 72 heavy (non-hydrogen) atoms. The van der Waals surface area contributed by atoms with Gasteiger partial charge in [-0.2, -0.15) is 63.6 Å². The van der Waals surface area contributed by atoms with Crippen LogP contribution in [-0.2, 0) is 49.9 Å². The average Bonchev–Trinajstić information content (AvgIpc) is 3.31. The quantitative estimate of drug-likeness (QED) is 0.0392. The summed E-state index contributed by atoms with van der Waals surface area (Å²) in [5.74, 6) is 0.280. The Morgan fingerprint density at radius 3 is 1.00 bits per heavy atom. The first-order chi connectivity index (χ1) is 33.1. The second-order valence-electron chi connectivity index (χ2n) is 15.1. The van der Waals surface area contributed by atoms with E-state index < -0.39 is 50.3 Å². The van der Waals surface area contributed by atoms with Crippen LogP contribution < -0.4 is 31.1 Å². The second-order valence-corrected chi connectivity index (χ2v) is 20.7. The van der Waals surface area contributed by atoms with Gasteiger partial charge in [0.1, 0.15) is 9.79 Å². The van der Waals surface area contributed by atoms with E-state index in [0.717, 1.165) is 12.1 Å². The molecule has 4 heterocycles. The van der Waals surface area contributed by atoms with Crippen molar-refractivity contribution in [3.63, 3.8) is 0 Å². The van der Waals surface area contributed by atoms with E-state index in [1.165, 1.54) is 84.9 Å². The molecule has 0 spiro atoms. The van der Waals surface area contributed by atoms with Crippen LogP contribution in [0, 0.1) is 0 Å². The number of nitrogens with zero attached hydrogens (tertiary/aromatic N) is 8. The van der Waals surface area contributed by atoms with Gasteiger partial charge in [0.05, 0.1) is 36.2 Å². The molecule has 0 atom stereocenters. The molecule has 2 saturated heterocycles. The van der Waals surface area contributed by atoms with Crippen LogP contribution in [-0.4, -0.2) is 194 Å². The van der Waals surface area contributed by atoms with Crippen LogP contribution in [0.25, 0.3) is 12.2 Å². The summed E-state index contributed by atoms with van der Waals surface area (Å²) < 4.78 is 148. The normalized spacial score (nSPS) is 14.5. The van der Waals surface area contributed by atoms with E-state index >= 15 is 0 Å². The van der Waals surface area contributed by atoms with Crippen molar-refractivity contribution in [2.75, 3.05) is 83.7 Å². The first kappa shape index (κ1) is 56.3. The minimum atomic E-state index is -4.95. The van der Waals surface area contributed by atoms with E-state index in [0.29, 0.717) is 64.0 Å². The predicted octanol–water partition coefficient (Wildman–Crippen LogP) is 2.56. The number of hydrogen-bond donors (Lipinski definition) is 8. The van der Waals surface area contributed by atoms with Gasteiger partial charge in [0, 0.05) is 48.9 Å². The molecule has 32 heteroatoms. The van der Waals surface area contributed by atoms with Gasteiger partial charge in [0.2, 0.25) is 35.7 Å². The summed E-state index contributed by atoms with van der Waals surface area (Å²) in [6.07, 6.45) is 2.42. The summed E-state index contributed by atoms with van der Waals surface area (Å²) in [4.78, 5) is 28.4. The Bertz CT molecular complexity index is 3200. The van der Waals surface area contributed by atoms with Crippen molar-refractivity contribution in [1.29, 1.82) is 0 Å². The molecule has 2 aromatic heterocycles. The standard InChI is InChI=1S/C40H40N12O14S4.2Na.2H/c53-67(54,55)31-11-7-27(8-12-31)41-35-45-37(49-39(47-35)51-15-19-65-20-16-51)43-29-5-3-25(33(23-29)69(59,60)61)1-2-26-4-6-30(24-34(26)70(62,63)64)44-38-46-36(48-40(50-38)52-17-21-66-22-18-52)42-28-9-13-32(14-10-28)68(56,57)58;;;;/h1-14,23-24H,15-22H2,(H,53,54,55)(H,56,57,58)(H,59,60,61)(H,62,63,64)(H2,41,43,45,47,49)(H2,42,44,46,48,50);;;;.